The molecule has 42 heavy (non-hydrogen) atoms. The average molecular weight is 572 g/mol. The maximum absolute atomic E-state index is 12.5. The zero-order valence-corrected chi connectivity index (χ0v) is 24.9. The van der Waals surface area contributed by atoms with Gasteiger partial charge in [-0.25, -0.2) is 4.98 Å². The number of amides is 1. The SMILES string of the molecule is C=CCc1ccc(OCCCCn2c(CCCNC(=O)Cc3ccc(OC)c(OC)c3)nc3ccccc32)c(OC)c1. The number of allylic oxidation sites excluding steroid dienone is 1. The summed E-state index contributed by atoms with van der Waals surface area (Å²) in [6.07, 6.45) is 6.38. The molecule has 1 N–H and O–H groups in total. The lowest BCUT2D eigenvalue weighted by atomic mass is 10.1. The summed E-state index contributed by atoms with van der Waals surface area (Å²) in [6.45, 7) is 5.83. The lowest BCUT2D eigenvalue weighted by Gasteiger charge is -2.13. The summed E-state index contributed by atoms with van der Waals surface area (Å²) in [4.78, 5) is 17.4. The molecule has 0 saturated heterocycles. The first kappa shape index (κ1) is 30.5. The minimum atomic E-state index is -0.0253. The molecule has 0 saturated carbocycles. The van der Waals surface area contributed by atoms with E-state index in [1.807, 2.05) is 60.7 Å². The van der Waals surface area contributed by atoms with Crippen LogP contribution in [0, 0.1) is 0 Å². The highest BCUT2D eigenvalue weighted by Crippen LogP contribution is 2.29. The van der Waals surface area contributed by atoms with Gasteiger partial charge in [-0.2, -0.15) is 0 Å². The molecule has 0 spiro atoms. The van der Waals surface area contributed by atoms with E-state index in [1.54, 1.807) is 21.3 Å². The predicted octanol–water partition coefficient (Wildman–Crippen LogP) is 5.94. The third-order valence-corrected chi connectivity index (χ3v) is 7.09. The molecule has 3 aromatic carbocycles. The first-order valence-electron chi connectivity index (χ1n) is 14.4. The standard InChI is InChI=1S/C34H41N3O5/c1-5-11-25-15-18-30(32(22-25)41-4)42-21-9-8-20-37-28-13-7-6-12-27(28)36-33(37)14-10-19-35-34(38)24-26-16-17-29(39-2)31(23-26)40-3/h5-7,12-13,15-18,22-23H,1,8-11,14,19-21,24H2,2-4H3,(H,35,38). The number of para-hydroxylation sites is 2. The first-order chi connectivity index (χ1) is 20.6. The highest BCUT2D eigenvalue weighted by molar-refractivity contribution is 5.79. The Kier molecular flexibility index (Phi) is 11.3. The van der Waals surface area contributed by atoms with Crippen LogP contribution in [0.25, 0.3) is 11.0 Å². The Morgan fingerprint density at radius 2 is 1.60 bits per heavy atom. The van der Waals surface area contributed by atoms with Gasteiger partial charge < -0.3 is 28.8 Å². The molecule has 4 aromatic rings. The Morgan fingerprint density at radius 3 is 2.38 bits per heavy atom. The largest absolute Gasteiger partial charge is 0.493 e. The van der Waals surface area contributed by atoms with Crippen molar-refractivity contribution in [3.8, 4) is 23.0 Å². The van der Waals surface area contributed by atoms with E-state index in [4.69, 9.17) is 23.9 Å². The molecule has 0 fully saturated rings. The van der Waals surface area contributed by atoms with Gasteiger partial charge in [-0.15, -0.1) is 6.58 Å². The maximum Gasteiger partial charge on any atom is 0.224 e. The van der Waals surface area contributed by atoms with E-state index >= 15 is 0 Å². The number of imidazole rings is 1. The number of hydrogen-bond donors (Lipinski definition) is 1. The van der Waals surface area contributed by atoms with Crippen LogP contribution < -0.4 is 24.3 Å². The zero-order chi connectivity index (χ0) is 29.7. The second-order valence-corrected chi connectivity index (χ2v) is 10.0. The third kappa shape index (κ3) is 8.06. The number of carbonyl (C=O) groups is 1. The van der Waals surface area contributed by atoms with E-state index in [0.717, 1.165) is 78.1 Å². The number of carbonyl (C=O) groups excluding carboxylic acids is 1. The molecular formula is C34H41N3O5. The summed E-state index contributed by atoms with van der Waals surface area (Å²) in [6, 6.07) is 19.8. The maximum atomic E-state index is 12.5. The van der Waals surface area contributed by atoms with Crippen LogP contribution in [0.15, 0.2) is 73.3 Å². The number of benzene rings is 3. The van der Waals surface area contributed by atoms with Crippen LogP contribution >= 0.6 is 0 Å². The molecule has 0 radical (unpaired) electrons. The van der Waals surface area contributed by atoms with Crippen molar-refractivity contribution >= 4 is 16.9 Å². The molecule has 0 aliphatic heterocycles. The van der Waals surface area contributed by atoms with Crippen molar-refractivity contribution in [3.63, 3.8) is 0 Å². The Balaban J connectivity index is 1.26. The quantitative estimate of drug-likeness (QED) is 0.125. The van der Waals surface area contributed by atoms with Crippen molar-refractivity contribution in [2.24, 2.45) is 0 Å². The van der Waals surface area contributed by atoms with Crippen molar-refractivity contribution < 1.29 is 23.7 Å². The van der Waals surface area contributed by atoms with Gasteiger partial charge in [0, 0.05) is 19.5 Å². The molecule has 0 aliphatic rings. The fraction of sp³-hybridized carbons (Fsp3) is 0.353. The Bertz CT molecular complexity index is 1480. The lowest BCUT2D eigenvalue weighted by Crippen LogP contribution is -2.26. The van der Waals surface area contributed by atoms with Crippen LogP contribution in [0.2, 0.25) is 0 Å². The predicted molar refractivity (Wildman–Crippen MR) is 166 cm³/mol. The Hall–Kier alpha value is -4.46. The number of hydrogen-bond acceptors (Lipinski definition) is 6. The molecule has 0 bridgehead atoms. The monoisotopic (exact) mass is 571 g/mol. The zero-order valence-electron chi connectivity index (χ0n) is 24.9. The van der Waals surface area contributed by atoms with Crippen LogP contribution in [0.5, 0.6) is 23.0 Å². The first-order valence-corrected chi connectivity index (χ1v) is 14.4. The molecule has 1 heterocycles. The van der Waals surface area contributed by atoms with Gasteiger partial charge in [0.05, 0.1) is 45.4 Å². The van der Waals surface area contributed by atoms with E-state index in [9.17, 15) is 4.79 Å². The van der Waals surface area contributed by atoms with Crippen molar-refractivity contribution in [1.82, 2.24) is 14.9 Å². The molecule has 0 atom stereocenters. The summed E-state index contributed by atoms with van der Waals surface area (Å²) in [5.41, 5.74) is 4.14. The van der Waals surface area contributed by atoms with Crippen molar-refractivity contribution in [2.75, 3.05) is 34.5 Å². The van der Waals surface area contributed by atoms with Crippen LogP contribution in [0.4, 0.5) is 0 Å². The fourth-order valence-corrected chi connectivity index (χ4v) is 4.96. The van der Waals surface area contributed by atoms with E-state index < -0.39 is 0 Å². The van der Waals surface area contributed by atoms with Gasteiger partial charge in [0.25, 0.3) is 0 Å². The van der Waals surface area contributed by atoms with Crippen LogP contribution in [0.1, 0.15) is 36.2 Å². The molecule has 0 aliphatic carbocycles. The number of rotatable bonds is 17. The Labute approximate surface area is 248 Å². The van der Waals surface area contributed by atoms with E-state index in [0.29, 0.717) is 24.7 Å². The van der Waals surface area contributed by atoms with E-state index in [2.05, 4.69) is 22.5 Å². The number of unbranched alkanes of at least 4 members (excludes halogenated alkanes) is 1. The number of fused-ring (bicyclic) bond motifs is 1. The highest BCUT2D eigenvalue weighted by atomic mass is 16.5. The van der Waals surface area contributed by atoms with Gasteiger partial charge in [0.15, 0.2) is 23.0 Å². The van der Waals surface area contributed by atoms with Crippen molar-refractivity contribution in [2.45, 2.75) is 45.1 Å². The number of methoxy groups -OCH3 is 3. The van der Waals surface area contributed by atoms with Gasteiger partial charge in [-0.1, -0.05) is 30.3 Å². The molecule has 1 aromatic heterocycles. The minimum absolute atomic E-state index is 0.0253. The van der Waals surface area contributed by atoms with Crippen molar-refractivity contribution in [1.29, 1.82) is 0 Å². The van der Waals surface area contributed by atoms with Crippen LogP contribution in [-0.2, 0) is 30.6 Å². The number of nitrogens with one attached hydrogen (secondary N) is 1. The van der Waals surface area contributed by atoms with E-state index in [-0.39, 0.29) is 12.3 Å². The molecule has 0 unspecified atom stereocenters. The topological polar surface area (TPSA) is 83.8 Å². The van der Waals surface area contributed by atoms with Gasteiger partial charge >= 0.3 is 0 Å². The molecule has 1 amide bonds. The lowest BCUT2D eigenvalue weighted by molar-refractivity contribution is -0.120. The number of ether oxygens (including phenoxy) is 4. The summed E-state index contributed by atoms with van der Waals surface area (Å²) >= 11 is 0. The second-order valence-electron chi connectivity index (χ2n) is 10.0. The summed E-state index contributed by atoms with van der Waals surface area (Å²) in [5.74, 6) is 3.77. The van der Waals surface area contributed by atoms with Gasteiger partial charge in [-0.3, -0.25) is 4.79 Å². The van der Waals surface area contributed by atoms with Crippen molar-refractivity contribution in [3.05, 3.63) is 90.3 Å². The molecular weight excluding hydrogens is 530 g/mol. The summed E-state index contributed by atoms with van der Waals surface area (Å²) in [5, 5.41) is 3.04. The summed E-state index contributed by atoms with van der Waals surface area (Å²) < 4.78 is 24.5. The van der Waals surface area contributed by atoms with Crippen LogP contribution in [0.3, 0.4) is 0 Å². The summed E-state index contributed by atoms with van der Waals surface area (Å²) in [7, 11) is 4.84. The fourth-order valence-electron chi connectivity index (χ4n) is 4.96. The Morgan fingerprint density at radius 1 is 0.881 bits per heavy atom. The van der Waals surface area contributed by atoms with E-state index in [1.165, 1.54) is 0 Å². The normalized spacial score (nSPS) is 10.8. The highest BCUT2D eigenvalue weighted by Gasteiger charge is 2.12. The van der Waals surface area contributed by atoms with Gasteiger partial charge in [0.1, 0.15) is 5.82 Å². The second kappa shape index (κ2) is 15.5. The molecule has 8 nitrogen and oxygen atoms in total. The minimum Gasteiger partial charge on any atom is -0.493 e. The van der Waals surface area contributed by atoms with Gasteiger partial charge in [-0.05, 0) is 73.2 Å². The molecule has 4 rings (SSSR count). The molecule has 8 heteroatoms. The number of nitrogens with zero attached hydrogens (tertiary/aromatic N) is 2. The number of aryl methyl sites for hydroxylation is 2. The molecule has 222 valence electrons. The smallest absolute Gasteiger partial charge is 0.224 e. The van der Waals surface area contributed by atoms with Gasteiger partial charge in [0.2, 0.25) is 5.91 Å². The average Bonchev–Trinajstić information content (AvgIpc) is 3.36. The number of aromatic nitrogens is 2. The third-order valence-electron chi connectivity index (χ3n) is 7.09. The van der Waals surface area contributed by atoms with Crippen LogP contribution in [-0.4, -0.2) is 49.9 Å².